The zero-order chi connectivity index (χ0) is 15.2. The zero-order valence-corrected chi connectivity index (χ0v) is 14.0. The van der Waals surface area contributed by atoms with Crippen LogP contribution in [0.2, 0.25) is 0 Å². The predicted octanol–water partition coefficient (Wildman–Crippen LogP) is 4.17. The number of halogens is 1. The SMILES string of the molecule is Cc1cc(C2=C(O)C3(CCCCC3)NC2=O)c(C)cc1Br. The second-order valence-electron chi connectivity index (χ2n) is 6.24. The van der Waals surface area contributed by atoms with E-state index in [1.54, 1.807) is 0 Å². The lowest BCUT2D eigenvalue weighted by molar-refractivity contribution is -0.116. The molecule has 0 saturated heterocycles. The first-order valence-corrected chi connectivity index (χ1v) is 8.27. The largest absolute Gasteiger partial charge is 0.509 e. The summed E-state index contributed by atoms with van der Waals surface area (Å²) in [4.78, 5) is 12.5. The minimum Gasteiger partial charge on any atom is -0.509 e. The summed E-state index contributed by atoms with van der Waals surface area (Å²) in [6, 6.07) is 3.98. The number of aliphatic hydroxyl groups is 1. The van der Waals surface area contributed by atoms with Gasteiger partial charge in [-0.25, -0.2) is 0 Å². The molecule has 3 nitrogen and oxygen atoms in total. The second kappa shape index (κ2) is 5.16. The number of aliphatic hydroxyl groups excluding tert-OH is 1. The molecule has 21 heavy (non-hydrogen) atoms. The Hall–Kier alpha value is -1.29. The third-order valence-corrected chi connectivity index (χ3v) is 5.61. The van der Waals surface area contributed by atoms with Crippen molar-refractivity contribution in [3.63, 3.8) is 0 Å². The Labute approximate surface area is 133 Å². The van der Waals surface area contributed by atoms with Crippen molar-refractivity contribution < 1.29 is 9.90 Å². The van der Waals surface area contributed by atoms with Crippen molar-refractivity contribution in [1.29, 1.82) is 0 Å². The topological polar surface area (TPSA) is 49.3 Å². The molecule has 0 radical (unpaired) electrons. The number of benzene rings is 1. The Bertz CT molecular complexity index is 642. The molecule has 2 N–H and O–H groups in total. The summed E-state index contributed by atoms with van der Waals surface area (Å²) >= 11 is 3.51. The van der Waals surface area contributed by atoms with Crippen molar-refractivity contribution >= 4 is 27.4 Å². The minimum atomic E-state index is -0.516. The molecule has 1 saturated carbocycles. The van der Waals surface area contributed by atoms with E-state index in [4.69, 9.17) is 0 Å². The summed E-state index contributed by atoms with van der Waals surface area (Å²) in [5.41, 5.74) is 2.85. The molecule has 0 atom stereocenters. The lowest BCUT2D eigenvalue weighted by Crippen LogP contribution is -2.46. The number of nitrogens with one attached hydrogen (secondary N) is 1. The molecule has 1 heterocycles. The molecular weight excluding hydrogens is 330 g/mol. The van der Waals surface area contributed by atoms with Gasteiger partial charge in [0.05, 0.1) is 11.1 Å². The van der Waals surface area contributed by atoms with Crippen LogP contribution in [-0.2, 0) is 4.79 Å². The molecule has 3 rings (SSSR count). The summed E-state index contributed by atoms with van der Waals surface area (Å²) in [7, 11) is 0. The Balaban J connectivity index is 2.12. The number of hydrogen-bond acceptors (Lipinski definition) is 2. The monoisotopic (exact) mass is 349 g/mol. The predicted molar refractivity (Wildman–Crippen MR) is 87.1 cm³/mol. The average Bonchev–Trinajstić information content (AvgIpc) is 2.67. The molecule has 1 spiro atoms. The van der Waals surface area contributed by atoms with Crippen molar-refractivity contribution in [3.8, 4) is 0 Å². The molecule has 0 bridgehead atoms. The Morgan fingerprint density at radius 1 is 1.14 bits per heavy atom. The van der Waals surface area contributed by atoms with Crippen LogP contribution in [-0.4, -0.2) is 16.6 Å². The van der Waals surface area contributed by atoms with E-state index in [0.717, 1.165) is 46.8 Å². The van der Waals surface area contributed by atoms with Crippen molar-refractivity contribution in [2.75, 3.05) is 0 Å². The van der Waals surface area contributed by atoms with E-state index in [0.29, 0.717) is 5.57 Å². The smallest absolute Gasteiger partial charge is 0.256 e. The van der Waals surface area contributed by atoms with Crippen molar-refractivity contribution in [3.05, 3.63) is 39.1 Å². The van der Waals surface area contributed by atoms with Crippen molar-refractivity contribution in [2.24, 2.45) is 0 Å². The van der Waals surface area contributed by atoms with E-state index in [1.807, 2.05) is 26.0 Å². The Morgan fingerprint density at radius 2 is 1.81 bits per heavy atom. The summed E-state index contributed by atoms with van der Waals surface area (Å²) in [5, 5.41) is 13.8. The van der Waals surface area contributed by atoms with Gasteiger partial charge in [0, 0.05) is 4.47 Å². The first kappa shape index (κ1) is 14.6. The Morgan fingerprint density at radius 3 is 2.48 bits per heavy atom. The van der Waals surface area contributed by atoms with Gasteiger partial charge in [-0.15, -0.1) is 0 Å². The van der Waals surface area contributed by atoms with Gasteiger partial charge in [0.1, 0.15) is 5.76 Å². The number of rotatable bonds is 1. The van der Waals surface area contributed by atoms with E-state index >= 15 is 0 Å². The number of carbonyl (C=O) groups excluding carboxylic acids is 1. The highest BCUT2D eigenvalue weighted by molar-refractivity contribution is 9.10. The maximum absolute atomic E-state index is 12.5. The zero-order valence-electron chi connectivity index (χ0n) is 12.4. The van der Waals surface area contributed by atoms with Crippen LogP contribution >= 0.6 is 15.9 Å². The molecule has 0 aromatic heterocycles. The van der Waals surface area contributed by atoms with E-state index < -0.39 is 5.54 Å². The summed E-state index contributed by atoms with van der Waals surface area (Å²) in [6.07, 6.45) is 4.95. The highest BCUT2D eigenvalue weighted by Gasteiger charge is 2.46. The first-order chi connectivity index (χ1) is 9.94. The second-order valence-corrected chi connectivity index (χ2v) is 7.09. The van der Waals surface area contributed by atoms with E-state index in [2.05, 4.69) is 21.2 Å². The van der Waals surface area contributed by atoms with Gasteiger partial charge in [0.15, 0.2) is 0 Å². The lowest BCUT2D eigenvalue weighted by Gasteiger charge is -2.33. The maximum Gasteiger partial charge on any atom is 0.256 e. The van der Waals surface area contributed by atoms with Crippen LogP contribution in [0.5, 0.6) is 0 Å². The van der Waals surface area contributed by atoms with Gasteiger partial charge in [-0.05, 0) is 55.5 Å². The fraction of sp³-hybridized carbons (Fsp3) is 0.471. The van der Waals surface area contributed by atoms with Crippen LogP contribution in [0.4, 0.5) is 0 Å². The van der Waals surface area contributed by atoms with Crippen LogP contribution in [0, 0.1) is 13.8 Å². The van der Waals surface area contributed by atoms with Crippen molar-refractivity contribution in [2.45, 2.75) is 51.5 Å². The van der Waals surface area contributed by atoms with E-state index in [-0.39, 0.29) is 11.7 Å². The van der Waals surface area contributed by atoms with Gasteiger partial charge >= 0.3 is 0 Å². The number of amides is 1. The number of aryl methyl sites for hydroxylation is 2. The van der Waals surface area contributed by atoms with E-state index in [9.17, 15) is 9.90 Å². The molecular formula is C17H20BrNO2. The molecule has 1 fully saturated rings. The van der Waals surface area contributed by atoms with Crippen LogP contribution in [0.3, 0.4) is 0 Å². The fourth-order valence-corrected chi connectivity index (χ4v) is 3.96. The van der Waals surface area contributed by atoms with Crippen LogP contribution in [0.25, 0.3) is 5.57 Å². The Kier molecular flexibility index (Phi) is 3.60. The molecule has 1 aromatic carbocycles. The van der Waals surface area contributed by atoms with Gasteiger partial charge < -0.3 is 10.4 Å². The summed E-state index contributed by atoms with van der Waals surface area (Å²) in [6.45, 7) is 3.97. The average molecular weight is 350 g/mol. The van der Waals surface area contributed by atoms with Crippen molar-refractivity contribution in [1.82, 2.24) is 5.32 Å². The molecule has 112 valence electrons. The third-order valence-electron chi connectivity index (χ3n) is 4.75. The number of hydrogen-bond donors (Lipinski definition) is 2. The van der Waals surface area contributed by atoms with Crippen LogP contribution in [0.15, 0.2) is 22.4 Å². The standard InChI is InChI=1S/C17H20BrNO2/c1-10-9-13(18)11(2)8-12(10)14-15(20)17(19-16(14)21)6-4-3-5-7-17/h8-9,20H,3-7H2,1-2H3,(H,19,21). The highest BCUT2D eigenvalue weighted by atomic mass is 79.9. The molecule has 1 aliphatic heterocycles. The summed E-state index contributed by atoms with van der Waals surface area (Å²) < 4.78 is 1.02. The lowest BCUT2D eigenvalue weighted by atomic mass is 9.80. The normalized spacial score (nSPS) is 21.0. The van der Waals surface area contributed by atoms with Gasteiger partial charge in [-0.2, -0.15) is 0 Å². The van der Waals surface area contributed by atoms with E-state index in [1.165, 1.54) is 6.42 Å². The molecule has 1 aromatic rings. The van der Waals surface area contributed by atoms with Gasteiger partial charge in [-0.1, -0.05) is 35.2 Å². The number of carbonyl (C=O) groups is 1. The first-order valence-electron chi connectivity index (χ1n) is 7.48. The molecule has 0 unspecified atom stereocenters. The maximum atomic E-state index is 12.5. The minimum absolute atomic E-state index is 0.140. The molecule has 1 aliphatic carbocycles. The molecule has 4 heteroatoms. The van der Waals surface area contributed by atoms with Crippen LogP contribution < -0.4 is 5.32 Å². The highest BCUT2D eigenvalue weighted by Crippen LogP contribution is 2.42. The van der Waals surface area contributed by atoms with Crippen LogP contribution in [0.1, 0.15) is 48.8 Å². The molecule has 1 amide bonds. The molecule has 2 aliphatic rings. The fourth-order valence-electron chi connectivity index (χ4n) is 3.50. The third kappa shape index (κ3) is 2.30. The quantitative estimate of drug-likeness (QED) is 0.799. The van der Waals surface area contributed by atoms with Gasteiger partial charge in [0.25, 0.3) is 5.91 Å². The van der Waals surface area contributed by atoms with Gasteiger partial charge in [0.2, 0.25) is 0 Å². The van der Waals surface area contributed by atoms with Gasteiger partial charge in [-0.3, -0.25) is 4.79 Å². The summed E-state index contributed by atoms with van der Waals surface area (Å²) in [5.74, 6) is 0.108.